The van der Waals surface area contributed by atoms with Crippen LogP contribution in [0.5, 0.6) is 0 Å². The lowest BCUT2D eigenvalue weighted by atomic mass is 10.1. The number of guanidine groups is 1. The largest absolute Gasteiger partial charge is 0.416 e. The van der Waals surface area contributed by atoms with Crippen LogP contribution in [0.4, 0.5) is 18.9 Å². The number of aliphatic imine (C=N–C) groups is 1. The summed E-state index contributed by atoms with van der Waals surface area (Å²) in [7, 11) is 0. The minimum atomic E-state index is -4.41. The number of halogens is 3. The van der Waals surface area contributed by atoms with Crippen LogP contribution >= 0.6 is 0 Å². The van der Waals surface area contributed by atoms with Crippen LogP contribution in [0.1, 0.15) is 31.4 Å². The molecule has 1 fully saturated rings. The van der Waals surface area contributed by atoms with Crippen LogP contribution < -0.4 is 15.5 Å². The van der Waals surface area contributed by atoms with Crippen molar-refractivity contribution < 1.29 is 17.9 Å². The monoisotopic (exact) mass is 372 g/mol. The Kier molecular flexibility index (Phi) is 7.56. The normalized spacial score (nSPS) is 15.9. The first kappa shape index (κ1) is 20.4. The maximum absolute atomic E-state index is 13.5. The summed E-state index contributed by atoms with van der Waals surface area (Å²) in [6, 6.07) is 4.49. The lowest BCUT2D eigenvalue weighted by Crippen LogP contribution is -2.37. The van der Waals surface area contributed by atoms with Gasteiger partial charge in [-0.1, -0.05) is 13.0 Å². The second kappa shape index (κ2) is 9.66. The highest BCUT2D eigenvalue weighted by Gasteiger charge is 2.34. The summed E-state index contributed by atoms with van der Waals surface area (Å²) < 4.78 is 45.9. The molecule has 0 saturated carbocycles. The predicted molar refractivity (Wildman–Crippen MR) is 97.6 cm³/mol. The highest BCUT2D eigenvalue weighted by molar-refractivity contribution is 5.79. The molecule has 0 bridgehead atoms. The number of ether oxygens (including phenoxy) is 1. The SMILES string of the molecule is CCCNC(=NCc1ccc(N2CCOCC2)cc1C(F)(F)F)NCC. The van der Waals surface area contributed by atoms with Gasteiger partial charge < -0.3 is 20.3 Å². The molecule has 1 saturated heterocycles. The summed E-state index contributed by atoms with van der Waals surface area (Å²) in [5, 5.41) is 6.14. The first-order valence-electron chi connectivity index (χ1n) is 9.00. The number of morpholine rings is 1. The molecule has 0 aliphatic carbocycles. The van der Waals surface area contributed by atoms with E-state index in [1.165, 1.54) is 12.1 Å². The van der Waals surface area contributed by atoms with E-state index >= 15 is 0 Å². The Labute approximate surface area is 152 Å². The van der Waals surface area contributed by atoms with Gasteiger partial charge in [-0.15, -0.1) is 0 Å². The maximum Gasteiger partial charge on any atom is 0.416 e. The predicted octanol–water partition coefficient (Wildman–Crippen LogP) is 3.01. The van der Waals surface area contributed by atoms with Crippen molar-refractivity contribution in [3.8, 4) is 0 Å². The minimum absolute atomic E-state index is 0.0305. The van der Waals surface area contributed by atoms with Crippen molar-refractivity contribution >= 4 is 11.6 Å². The molecule has 2 N–H and O–H groups in total. The summed E-state index contributed by atoms with van der Waals surface area (Å²) in [5.41, 5.74) is 0.115. The lowest BCUT2D eigenvalue weighted by Gasteiger charge is -2.29. The van der Waals surface area contributed by atoms with Crippen LogP contribution in [-0.4, -0.2) is 45.4 Å². The maximum atomic E-state index is 13.5. The van der Waals surface area contributed by atoms with Gasteiger partial charge in [-0.3, -0.25) is 0 Å². The molecule has 0 spiro atoms. The Morgan fingerprint density at radius 2 is 1.92 bits per heavy atom. The smallest absolute Gasteiger partial charge is 0.378 e. The van der Waals surface area contributed by atoms with Crippen LogP contribution in [0.3, 0.4) is 0 Å². The van der Waals surface area contributed by atoms with E-state index < -0.39 is 11.7 Å². The second-order valence-electron chi connectivity index (χ2n) is 6.06. The molecule has 0 atom stereocenters. The van der Waals surface area contributed by atoms with Crippen molar-refractivity contribution in [2.75, 3.05) is 44.3 Å². The molecule has 26 heavy (non-hydrogen) atoms. The highest BCUT2D eigenvalue weighted by Crippen LogP contribution is 2.35. The quantitative estimate of drug-likeness (QED) is 0.595. The molecular formula is C18H27F3N4O. The molecule has 1 heterocycles. The Morgan fingerprint density at radius 3 is 2.54 bits per heavy atom. The first-order valence-corrected chi connectivity index (χ1v) is 9.00. The Morgan fingerprint density at radius 1 is 1.19 bits per heavy atom. The van der Waals surface area contributed by atoms with E-state index in [-0.39, 0.29) is 12.1 Å². The Hall–Kier alpha value is -1.96. The van der Waals surface area contributed by atoms with E-state index in [9.17, 15) is 13.2 Å². The highest BCUT2D eigenvalue weighted by atomic mass is 19.4. The number of hydrogen-bond acceptors (Lipinski definition) is 3. The zero-order chi connectivity index (χ0) is 19.0. The average Bonchev–Trinajstić information content (AvgIpc) is 2.64. The Bertz CT molecular complexity index is 599. The van der Waals surface area contributed by atoms with Gasteiger partial charge in [-0.2, -0.15) is 13.2 Å². The van der Waals surface area contributed by atoms with Gasteiger partial charge in [0.25, 0.3) is 0 Å². The fourth-order valence-electron chi connectivity index (χ4n) is 2.73. The molecular weight excluding hydrogens is 345 g/mol. The molecule has 1 aliphatic rings. The second-order valence-corrected chi connectivity index (χ2v) is 6.06. The van der Waals surface area contributed by atoms with Crippen molar-refractivity contribution in [2.24, 2.45) is 4.99 Å². The minimum Gasteiger partial charge on any atom is -0.378 e. The van der Waals surface area contributed by atoms with Crippen LogP contribution in [-0.2, 0) is 17.5 Å². The molecule has 0 aromatic heterocycles. The molecule has 1 aromatic carbocycles. The average molecular weight is 372 g/mol. The van der Waals surface area contributed by atoms with Crippen LogP contribution in [0.15, 0.2) is 23.2 Å². The third-order valence-corrected chi connectivity index (χ3v) is 4.07. The fourth-order valence-corrected chi connectivity index (χ4v) is 2.73. The summed E-state index contributed by atoms with van der Waals surface area (Å²) in [6.07, 6.45) is -3.51. The number of anilines is 1. The van der Waals surface area contributed by atoms with E-state index in [1.54, 1.807) is 6.07 Å². The first-order chi connectivity index (χ1) is 12.5. The van der Waals surface area contributed by atoms with Crippen molar-refractivity contribution in [2.45, 2.75) is 33.0 Å². The van der Waals surface area contributed by atoms with Crippen molar-refractivity contribution in [3.05, 3.63) is 29.3 Å². The van der Waals surface area contributed by atoms with Gasteiger partial charge in [0.2, 0.25) is 0 Å². The van der Waals surface area contributed by atoms with Gasteiger partial charge in [0.1, 0.15) is 0 Å². The summed E-state index contributed by atoms with van der Waals surface area (Å²) in [4.78, 5) is 6.21. The number of benzene rings is 1. The standard InChI is InChI=1S/C18H27F3N4O/c1-3-7-23-17(22-4-2)24-13-14-5-6-15(12-16(14)18(19,20)21)25-8-10-26-11-9-25/h5-6,12H,3-4,7-11,13H2,1-2H3,(H2,22,23,24). The summed E-state index contributed by atoms with van der Waals surface area (Å²) >= 11 is 0. The summed E-state index contributed by atoms with van der Waals surface area (Å²) in [5.74, 6) is 0.528. The van der Waals surface area contributed by atoms with Gasteiger partial charge in [-0.05, 0) is 31.0 Å². The van der Waals surface area contributed by atoms with E-state index in [2.05, 4.69) is 15.6 Å². The fraction of sp³-hybridized carbons (Fsp3) is 0.611. The third-order valence-electron chi connectivity index (χ3n) is 4.07. The number of nitrogens with one attached hydrogen (secondary N) is 2. The Balaban J connectivity index is 2.23. The van der Waals surface area contributed by atoms with Crippen molar-refractivity contribution in [1.82, 2.24) is 10.6 Å². The van der Waals surface area contributed by atoms with Crippen molar-refractivity contribution in [1.29, 1.82) is 0 Å². The number of rotatable bonds is 6. The van der Waals surface area contributed by atoms with Crippen LogP contribution in [0.2, 0.25) is 0 Å². The molecule has 8 heteroatoms. The molecule has 0 amide bonds. The molecule has 146 valence electrons. The van der Waals surface area contributed by atoms with E-state index in [4.69, 9.17) is 4.74 Å². The molecule has 1 aliphatic heterocycles. The van der Waals surface area contributed by atoms with Crippen LogP contribution in [0, 0.1) is 0 Å². The topological polar surface area (TPSA) is 48.9 Å². The van der Waals surface area contributed by atoms with E-state index in [0.29, 0.717) is 51.0 Å². The van der Waals surface area contributed by atoms with Crippen molar-refractivity contribution in [3.63, 3.8) is 0 Å². The van der Waals surface area contributed by atoms with Gasteiger partial charge in [-0.25, -0.2) is 4.99 Å². The summed E-state index contributed by atoms with van der Waals surface area (Å²) in [6.45, 7) is 7.53. The third kappa shape index (κ3) is 5.79. The molecule has 5 nitrogen and oxygen atoms in total. The number of hydrogen-bond donors (Lipinski definition) is 2. The molecule has 0 radical (unpaired) electrons. The lowest BCUT2D eigenvalue weighted by molar-refractivity contribution is -0.138. The number of nitrogens with zero attached hydrogens (tertiary/aromatic N) is 2. The van der Waals surface area contributed by atoms with Gasteiger partial charge in [0.15, 0.2) is 5.96 Å². The molecule has 2 rings (SSSR count). The van der Waals surface area contributed by atoms with E-state index in [1.807, 2.05) is 18.7 Å². The van der Waals surface area contributed by atoms with Gasteiger partial charge in [0, 0.05) is 31.9 Å². The van der Waals surface area contributed by atoms with Gasteiger partial charge >= 0.3 is 6.18 Å². The zero-order valence-corrected chi connectivity index (χ0v) is 15.3. The molecule has 1 aromatic rings. The van der Waals surface area contributed by atoms with Crippen LogP contribution in [0.25, 0.3) is 0 Å². The zero-order valence-electron chi connectivity index (χ0n) is 15.3. The van der Waals surface area contributed by atoms with Gasteiger partial charge in [0.05, 0.1) is 25.3 Å². The molecule has 0 unspecified atom stereocenters. The van der Waals surface area contributed by atoms with E-state index in [0.717, 1.165) is 6.42 Å². The number of alkyl halides is 3.